The average molecular weight is 261 g/mol. The van der Waals surface area contributed by atoms with Crippen LogP contribution < -0.4 is 5.73 Å². The highest BCUT2D eigenvalue weighted by molar-refractivity contribution is 5.78. The second kappa shape index (κ2) is 5.13. The molecule has 4 heteroatoms. The summed E-state index contributed by atoms with van der Waals surface area (Å²) >= 11 is 0. The summed E-state index contributed by atoms with van der Waals surface area (Å²) in [5.41, 5.74) is 5.45. The lowest BCUT2D eigenvalue weighted by atomic mass is 9.52. The van der Waals surface area contributed by atoms with Gasteiger partial charge in [-0.1, -0.05) is 0 Å². The second-order valence-corrected chi connectivity index (χ2v) is 6.73. The number of amides is 1. The largest absolute Gasteiger partial charge is 0.328 e. The van der Waals surface area contributed by atoms with Gasteiger partial charge in [-0.15, -0.1) is 0 Å². The van der Waals surface area contributed by atoms with Crippen molar-refractivity contribution in [3.63, 3.8) is 0 Å². The van der Waals surface area contributed by atoms with E-state index in [-0.39, 0.29) is 19.0 Å². The van der Waals surface area contributed by atoms with Crippen LogP contribution >= 0.6 is 0 Å². The van der Waals surface area contributed by atoms with Crippen LogP contribution in [-0.2, 0) is 4.79 Å². The Bertz CT molecular complexity index is 373. The van der Waals surface area contributed by atoms with Gasteiger partial charge in [0.05, 0.1) is 12.6 Å². The Morgan fingerprint density at radius 1 is 1.16 bits per heavy atom. The van der Waals surface area contributed by atoms with E-state index in [1.54, 1.807) is 4.90 Å². The van der Waals surface area contributed by atoms with Crippen LogP contribution in [0.5, 0.6) is 0 Å². The predicted octanol–water partition coefficient (Wildman–Crippen LogP) is 1.37. The van der Waals surface area contributed by atoms with Crippen LogP contribution in [0, 0.1) is 40.9 Å². The Labute approximate surface area is 114 Å². The number of hydrogen-bond acceptors (Lipinski definition) is 3. The Balaban J connectivity index is 1.68. The van der Waals surface area contributed by atoms with Gasteiger partial charge in [-0.3, -0.25) is 4.79 Å². The molecule has 4 rings (SSSR count). The number of nitriles is 1. The van der Waals surface area contributed by atoms with Crippen molar-refractivity contribution < 1.29 is 4.79 Å². The molecule has 0 unspecified atom stereocenters. The molecule has 0 spiro atoms. The van der Waals surface area contributed by atoms with Crippen LogP contribution in [0.3, 0.4) is 0 Å². The first-order valence-corrected chi connectivity index (χ1v) is 7.56. The summed E-state index contributed by atoms with van der Waals surface area (Å²) in [6, 6.07) is 2.11. The normalized spacial score (nSPS) is 39.1. The highest BCUT2D eigenvalue weighted by atomic mass is 16.2. The van der Waals surface area contributed by atoms with E-state index in [4.69, 9.17) is 11.0 Å². The summed E-state index contributed by atoms with van der Waals surface area (Å²) in [5, 5.41) is 8.88. The number of rotatable bonds is 4. The molecule has 0 aromatic rings. The van der Waals surface area contributed by atoms with Crippen molar-refractivity contribution in [1.82, 2.24) is 4.90 Å². The standard InChI is InChI=1S/C15H23N3O/c16-1-2-18(15(19)8-17)9-14-12-4-10-3-11(6-12)7-13(14)5-10/h10-14H,2-9,17H2. The predicted molar refractivity (Wildman–Crippen MR) is 71.8 cm³/mol. The number of nitrogens with zero attached hydrogens (tertiary/aromatic N) is 2. The van der Waals surface area contributed by atoms with Crippen LogP contribution in [0.25, 0.3) is 0 Å². The van der Waals surface area contributed by atoms with Gasteiger partial charge >= 0.3 is 0 Å². The van der Waals surface area contributed by atoms with Crippen molar-refractivity contribution in [1.29, 1.82) is 5.26 Å². The minimum Gasteiger partial charge on any atom is -0.328 e. The number of carbonyl (C=O) groups excluding carboxylic acids is 1. The van der Waals surface area contributed by atoms with Gasteiger partial charge in [-0.25, -0.2) is 0 Å². The first kappa shape index (κ1) is 12.9. The van der Waals surface area contributed by atoms with Crippen LogP contribution in [-0.4, -0.2) is 30.4 Å². The molecule has 4 aliphatic carbocycles. The van der Waals surface area contributed by atoms with Crippen molar-refractivity contribution in [2.24, 2.45) is 35.3 Å². The molecule has 1 amide bonds. The first-order valence-electron chi connectivity index (χ1n) is 7.56. The van der Waals surface area contributed by atoms with Gasteiger partial charge in [0, 0.05) is 6.54 Å². The highest BCUT2D eigenvalue weighted by Crippen LogP contribution is 2.56. The molecule has 4 aliphatic rings. The van der Waals surface area contributed by atoms with Crippen LogP contribution in [0.1, 0.15) is 32.1 Å². The number of nitrogens with two attached hydrogens (primary N) is 1. The van der Waals surface area contributed by atoms with E-state index in [9.17, 15) is 4.79 Å². The monoisotopic (exact) mass is 261 g/mol. The van der Waals surface area contributed by atoms with E-state index < -0.39 is 0 Å². The van der Waals surface area contributed by atoms with Gasteiger partial charge in [0.25, 0.3) is 0 Å². The van der Waals surface area contributed by atoms with Crippen molar-refractivity contribution >= 4 is 5.91 Å². The first-order chi connectivity index (χ1) is 9.21. The molecule has 0 saturated heterocycles. The molecule has 0 radical (unpaired) electrons. The van der Waals surface area contributed by atoms with Gasteiger partial charge in [0.15, 0.2) is 0 Å². The minimum absolute atomic E-state index is 0.0228. The Kier molecular flexibility index (Phi) is 3.49. The molecule has 0 aromatic heterocycles. The summed E-state index contributed by atoms with van der Waals surface area (Å²) in [4.78, 5) is 13.5. The van der Waals surface area contributed by atoms with Gasteiger partial charge < -0.3 is 10.6 Å². The van der Waals surface area contributed by atoms with E-state index in [1.807, 2.05) is 0 Å². The molecule has 0 aliphatic heterocycles. The zero-order valence-electron chi connectivity index (χ0n) is 11.4. The average Bonchev–Trinajstić information content (AvgIpc) is 2.40. The number of carbonyl (C=O) groups is 1. The molecule has 0 aromatic carbocycles. The van der Waals surface area contributed by atoms with Crippen molar-refractivity contribution in [2.45, 2.75) is 32.1 Å². The molecule has 0 heterocycles. The maximum atomic E-state index is 11.8. The third kappa shape index (κ3) is 2.36. The van der Waals surface area contributed by atoms with Gasteiger partial charge in [0.2, 0.25) is 5.91 Å². The van der Waals surface area contributed by atoms with Crippen molar-refractivity contribution in [3.05, 3.63) is 0 Å². The van der Waals surface area contributed by atoms with Crippen LogP contribution in [0.2, 0.25) is 0 Å². The van der Waals surface area contributed by atoms with E-state index in [1.165, 1.54) is 32.1 Å². The summed E-state index contributed by atoms with van der Waals surface area (Å²) in [7, 11) is 0. The van der Waals surface area contributed by atoms with Gasteiger partial charge in [-0.05, 0) is 61.7 Å². The summed E-state index contributed by atoms with van der Waals surface area (Å²) in [5.74, 6) is 4.04. The fourth-order valence-electron chi connectivity index (χ4n) is 5.06. The van der Waals surface area contributed by atoms with E-state index in [0.29, 0.717) is 5.92 Å². The lowest BCUT2D eigenvalue weighted by molar-refractivity contribution is -0.132. The molecule has 4 saturated carbocycles. The number of hydrogen-bond donors (Lipinski definition) is 1. The van der Waals surface area contributed by atoms with E-state index in [2.05, 4.69) is 6.07 Å². The topological polar surface area (TPSA) is 70.1 Å². The van der Waals surface area contributed by atoms with Crippen molar-refractivity contribution in [3.8, 4) is 6.07 Å². The smallest absolute Gasteiger partial charge is 0.237 e. The molecule has 0 atom stereocenters. The SMILES string of the molecule is N#CCN(CC1C2CC3CC(C2)CC1C3)C(=O)CN. The van der Waals surface area contributed by atoms with Crippen LogP contribution in [0.15, 0.2) is 0 Å². The van der Waals surface area contributed by atoms with Gasteiger partial charge in [-0.2, -0.15) is 5.26 Å². The molecule has 104 valence electrons. The van der Waals surface area contributed by atoms with E-state index >= 15 is 0 Å². The van der Waals surface area contributed by atoms with Gasteiger partial charge in [0.1, 0.15) is 6.54 Å². The quantitative estimate of drug-likeness (QED) is 0.777. The van der Waals surface area contributed by atoms with Crippen LogP contribution in [0.4, 0.5) is 0 Å². The maximum Gasteiger partial charge on any atom is 0.237 e. The zero-order valence-corrected chi connectivity index (χ0v) is 11.4. The minimum atomic E-state index is -0.0737. The fraction of sp³-hybridized carbons (Fsp3) is 0.867. The Morgan fingerprint density at radius 2 is 1.74 bits per heavy atom. The van der Waals surface area contributed by atoms with Crippen molar-refractivity contribution in [2.75, 3.05) is 19.6 Å². The highest BCUT2D eigenvalue weighted by Gasteiger charge is 2.48. The molecule has 4 nitrogen and oxygen atoms in total. The van der Waals surface area contributed by atoms with E-state index in [0.717, 1.165) is 30.2 Å². The lowest BCUT2D eigenvalue weighted by Crippen LogP contribution is -2.50. The Morgan fingerprint density at radius 3 is 2.21 bits per heavy atom. The Hall–Kier alpha value is -1.08. The second-order valence-electron chi connectivity index (χ2n) is 6.73. The maximum absolute atomic E-state index is 11.8. The fourth-order valence-corrected chi connectivity index (χ4v) is 5.06. The summed E-state index contributed by atoms with van der Waals surface area (Å²) in [6.07, 6.45) is 6.87. The molecule has 19 heavy (non-hydrogen) atoms. The molecule has 4 fully saturated rings. The third-order valence-electron chi connectivity index (χ3n) is 5.64. The molecular formula is C15H23N3O. The third-order valence-corrected chi connectivity index (χ3v) is 5.64. The lowest BCUT2D eigenvalue weighted by Gasteiger charge is -2.55. The molecule has 4 bridgehead atoms. The zero-order chi connectivity index (χ0) is 13.4. The molecule has 2 N–H and O–H groups in total. The summed E-state index contributed by atoms with van der Waals surface area (Å²) in [6.45, 7) is 0.978. The molecular weight excluding hydrogens is 238 g/mol. The summed E-state index contributed by atoms with van der Waals surface area (Å²) < 4.78 is 0.